The highest BCUT2D eigenvalue weighted by Gasteiger charge is 2.31. The van der Waals surface area contributed by atoms with Crippen molar-refractivity contribution in [2.75, 3.05) is 6.61 Å². The van der Waals surface area contributed by atoms with E-state index in [0.29, 0.717) is 31.4 Å². The molecule has 7 nitrogen and oxygen atoms in total. The average Bonchev–Trinajstić information content (AvgIpc) is 3.17. The second kappa shape index (κ2) is 11.6. The fraction of sp³-hybridized carbons (Fsp3) is 0.593. The molecular weight excluding hydrogens is 432 g/mol. The zero-order valence-corrected chi connectivity index (χ0v) is 21.0. The molecule has 2 unspecified atom stereocenters. The van der Waals surface area contributed by atoms with E-state index in [9.17, 15) is 14.7 Å². The van der Waals surface area contributed by atoms with Crippen LogP contribution in [0.5, 0.6) is 0 Å². The van der Waals surface area contributed by atoms with Gasteiger partial charge in [-0.05, 0) is 61.6 Å². The summed E-state index contributed by atoms with van der Waals surface area (Å²) in [5.41, 5.74) is 3.01. The number of benzene rings is 1. The Morgan fingerprint density at radius 1 is 1.18 bits per heavy atom. The molecule has 3 rings (SSSR count). The number of amides is 1. The van der Waals surface area contributed by atoms with Crippen LogP contribution < -0.4 is 5.32 Å². The van der Waals surface area contributed by atoms with E-state index in [4.69, 9.17) is 9.15 Å². The summed E-state index contributed by atoms with van der Waals surface area (Å²) in [6, 6.07) is 7.42. The second-order valence-electron chi connectivity index (χ2n) is 10.1. The molecule has 0 bridgehead atoms. The first kappa shape index (κ1) is 25.9. The fourth-order valence-corrected chi connectivity index (χ4v) is 4.48. The molecule has 1 amide bonds. The van der Waals surface area contributed by atoms with E-state index in [1.165, 1.54) is 5.56 Å². The highest BCUT2D eigenvalue weighted by molar-refractivity contribution is 5.85. The van der Waals surface area contributed by atoms with Gasteiger partial charge in [-0.2, -0.15) is 0 Å². The molecule has 0 aliphatic heterocycles. The monoisotopic (exact) mass is 470 g/mol. The number of nitrogens with one attached hydrogen (secondary N) is 1. The van der Waals surface area contributed by atoms with E-state index >= 15 is 0 Å². The van der Waals surface area contributed by atoms with E-state index in [2.05, 4.69) is 36.3 Å². The lowest BCUT2D eigenvalue weighted by molar-refractivity contribution is -0.144. The standard InChI is InChI=1S/C27H38N2O5/c1-16(2)20-9-11-21(12-10-20)26-28-23(18(5)34-26)15-33-14-19-7-6-8-22(13-19)25(30)29-24(17(3)4)27(31)32/h9-12,16-17,19,22,24H,6-8,13-15H2,1-5H3,(H,29,30)(H,31,32)/t19?,22?,24-/m0/s1. The first-order valence-corrected chi connectivity index (χ1v) is 12.3. The van der Waals surface area contributed by atoms with Crippen molar-refractivity contribution in [3.05, 3.63) is 41.3 Å². The number of carbonyl (C=O) groups is 2. The quantitative estimate of drug-likeness (QED) is 0.487. The number of carboxylic acids is 1. The predicted octanol–water partition coefficient (Wildman–Crippen LogP) is 5.32. The number of aromatic nitrogens is 1. The number of carbonyl (C=O) groups excluding carboxylic acids is 1. The molecule has 7 heteroatoms. The molecule has 1 aliphatic rings. The number of nitrogens with zero attached hydrogens (tertiary/aromatic N) is 1. The zero-order valence-electron chi connectivity index (χ0n) is 21.0. The van der Waals surface area contributed by atoms with Gasteiger partial charge in [0.25, 0.3) is 0 Å². The third-order valence-electron chi connectivity index (χ3n) is 6.69. The lowest BCUT2D eigenvalue weighted by atomic mass is 9.81. The maximum absolute atomic E-state index is 12.7. The smallest absolute Gasteiger partial charge is 0.326 e. The summed E-state index contributed by atoms with van der Waals surface area (Å²) >= 11 is 0. The number of rotatable bonds is 10. The van der Waals surface area contributed by atoms with Crippen LogP contribution in [0.15, 0.2) is 28.7 Å². The zero-order chi connectivity index (χ0) is 24.8. The Bertz CT molecular complexity index is 964. The van der Waals surface area contributed by atoms with Gasteiger partial charge in [-0.1, -0.05) is 46.2 Å². The van der Waals surface area contributed by atoms with Crippen LogP contribution in [0.25, 0.3) is 11.5 Å². The number of ether oxygens (including phenoxy) is 1. The SMILES string of the molecule is Cc1oc(-c2ccc(C(C)C)cc2)nc1COCC1CCCC(C(=O)N[C@H](C(=O)O)C(C)C)C1. The maximum Gasteiger partial charge on any atom is 0.326 e. The number of hydrogen-bond donors (Lipinski definition) is 2. The predicted molar refractivity (Wildman–Crippen MR) is 130 cm³/mol. The number of aliphatic carboxylic acids is 1. The number of carboxylic acid groups (broad SMARTS) is 1. The Labute approximate surface area is 202 Å². The third-order valence-corrected chi connectivity index (χ3v) is 6.69. The fourth-order valence-electron chi connectivity index (χ4n) is 4.48. The highest BCUT2D eigenvalue weighted by atomic mass is 16.5. The number of hydrogen-bond acceptors (Lipinski definition) is 5. The van der Waals surface area contributed by atoms with Crippen LogP contribution in [0.4, 0.5) is 0 Å². The highest BCUT2D eigenvalue weighted by Crippen LogP contribution is 2.30. The summed E-state index contributed by atoms with van der Waals surface area (Å²) < 4.78 is 11.9. The normalized spacial score (nSPS) is 19.4. The van der Waals surface area contributed by atoms with Gasteiger partial charge in [-0.25, -0.2) is 9.78 Å². The second-order valence-corrected chi connectivity index (χ2v) is 10.1. The van der Waals surface area contributed by atoms with Crippen molar-refractivity contribution in [2.45, 2.75) is 78.9 Å². The Morgan fingerprint density at radius 2 is 1.88 bits per heavy atom. The lowest BCUT2D eigenvalue weighted by Crippen LogP contribution is -2.47. The van der Waals surface area contributed by atoms with Crippen molar-refractivity contribution in [3.63, 3.8) is 0 Å². The van der Waals surface area contributed by atoms with Crippen molar-refractivity contribution >= 4 is 11.9 Å². The Hall–Kier alpha value is -2.67. The molecule has 186 valence electrons. The summed E-state index contributed by atoms with van der Waals surface area (Å²) in [7, 11) is 0. The summed E-state index contributed by atoms with van der Waals surface area (Å²) in [6.45, 7) is 10.7. The van der Waals surface area contributed by atoms with Crippen LogP contribution in [0.2, 0.25) is 0 Å². The molecule has 1 fully saturated rings. The molecule has 0 spiro atoms. The molecular formula is C27H38N2O5. The van der Waals surface area contributed by atoms with Crippen molar-refractivity contribution in [2.24, 2.45) is 17.8 Å². The first-order chi connectivity index (χ1) is 16.2. The van der Waals surface area contributed by atoms with Gasteiger partial charge in [0.05, 0.1) is 6.61 Å². The molecule has 1 saturated carbocycles. The van der Waals surface area contributed by atoms with Crippen molar-refractivity contribution in [3.8, 4) is 11.5 Å². The Kier molecular flexibility index (Phi) is 8.89. The maximum atomic E-state index is 12.7. The number of aryl methyl sites for hydroxylation is 1. The molecule has 1 heterocycles. The minimum absolute atomic E-state index is 0.159. The van der Waals surface area contributed by atoms with Gasteiger partial charge < -0.3 is 19.6 Å². The molecule has 0 saturated heterocycles. The summed E-state index contributed by atoms with van der Waals surface area (Å²) in [4.78, 5) is 28.7. The molecule has 0 radical (unpaired) electrons. The molecule has 3 atom stereocenters. The van der Waals surface area contributed by atoms with E-state index in [1.54, 1.807) is 13.8 Å². The van der Waals surface area contributed by atoms with Crippen LogP contribution in [0.3, 0.4) is 0 Å². The largest absolute Gasteiger partial charge is 0.480 e. The molecule has 1 aromatic carbocycles. The first-order valence-electron chi connectivity index (χ1n) is 12.3. The van der Waals surface area contributed by atoms with Crippen LogP contribution in [-0.4, -0.2) is 34.6 Å². The van der Waals surface area contributed by atoms with Crippen LogP contribution in [-0.2, 0) is 20.9 Å². The third kappa shape index (κ3) is 6.69. The Balaban J connectivity index is 1.51. The van der Waals surface area contributed by atoms with Gasteiger partial charge in [0, 0.05) is 18.1 Å². The Morgan fingerprint density at radius 3 is 2.50 bits per heavy atom. The summed E-state index contributed by atoms with van der Waals surface area (Å²) in [6.07, 6.45) is 3.43. The van der Waals surface area contributed by atoms with Crippen molar-refractivity contribution in [1.82, 2.24) is 10.3 Å². The van der Waals surface area contributed by atoms with Crippen LogP contribution in [0.1, 0.15) is 76.3 Å². The van der Waals surface area contributed by atoms with E-state index < -0.39 is 12.0 Å². The van der Waals surface area contributed by atoms with Crippen molar-refractivity contribution < 1.29 is 23.8 Å². The van der Waals surface area contributed by atoms with Gasteiger partial charge in [-0.15, -0.1) is 0 Å². The molecule has 34 heavy (non-hydrogen) atoms. The number of oxazole rings is 1. The summed E-state index contributed by atoms with van der Waals surface area (Å²) in [5, 5.41) is 12.1. The van der Waals surface area contributed by atoms with Gasteiger partial charge in [-0.3, -0.25) is 4.79 Å². The molecule has 1 aliphatic carbocycles. The van der Waals surface area contributed by atoms with Gasteiger partial charge in [0.15, 0.2) is 0 Å². The van der Waals surface area contributed by atoms with Gasteiger partial charge >= 0.3 is 5.97 Å². The topological polar surface area (TPSA) is 102 Å². The van der Waals surface area contributed by atoms with Gasteiger partial charge in [0.1, 0.15) is 17.5 Å². The molecule has 1 aromatic heterocycles. The van der Waals surface area contributed by atoms with Crippen LogP contribution in [0, 0.1) is 24.7 Å². The van der Waals surface area contributed by atoms with E-state index in [1.807, 2.05) is 19.1 Å². The lowest BCUT2D eigenvalue weighted by Gasteiger charge is -2.29. The van der Waals surface area contributed by atoms with E-state index in [0.717, 1.165) is 36.3 Å². The molecule has 2 N–H and O–H groups in total. The average molecular weight is 471 g/mol. The minimum atomic E-state index is -0.989. The minimum Gasteiger partial charge on any atom is -0.480 e. The van der Waals surface area contributed by atoms with Gasteiger partial charge in [0.2, 0.25) is 11.8 Å². The van der Waals surface area contributed by atoms with Crippen LogP contribution >= 0.6 is 0 Å². The molecule has 2 aromatic rings. The summed E-state index contributed by atoms with van der Waals surface area (Å²) in [5.74, 6) is 0.607. The van der Waals surface area contributed by atoms with E-state index in [-0.39, 0.29) is 23.7 Å². The van der Waals surface area contributed by atoms with Crippen molar-refractivity contribution in [1.29, 1.82) is 0 Å².